The average Bonchev–Trinajstić information content (AvgIpc) is 3.14. The largest absolute Gasteiger partial charge is 0.468 e. The van der Waals surface area contributed by atoms with E-state index in [2.05, 4.69) is 19.8 Å². The Morgan fingerprint density at radius 1 is 1.10 bits per heavy atom. The quantitative estimate of drug-likeness (QED) is 0.535. The first-order chi connectivity index (χ1) is 13.9. The van der Waals surface area contributed by atoms with E-state index in [1.165, 1.54) is 31.4 Å². The summed E-state index contributed by atoms with van der Waals surface area (Å²) in [6, 6.07) is 12.9. The van der Waals surface area contributed by atoms with Gasteiger partial charge in [0.1, 0.15) is 12.1 Å². The predicted molar refractivity (Wildman–Crippen MR) is 105 cm³/mol. The van der Waals surface area contributed by atoms with Crippen molar-refractivity contribution < 1.29 is 27.2 Å². The number of aryl methyl sites for hydroxylation is 1. The lowest BCUT2D eigenvalue weighted by atomic mass is 10.2. The Labute approximate surface area is 167 Å². The number of anilines is 1. The highest BCUT2D eigenvalue weighted by Gasteiger charge is 2.16. The smallest absolute Gasteiger partial charge is 0.320 e. The number of para-hydroxylation sites is 2. The molecule has 3 rings (SSSR count). The number of benzene rings is 2. The second kappa shape index (κ2) is 8.84. The molecule has 0 radical (unpaired) electrons. The van der Waals surface area contributed by atoms with Gasteiger partial charge < -0.3 is 14.5 Å². The molecule has 0 fully saturated rings. The standard InChI is InChI=1S/C19H19N3O6S/c1-27-19(24)12-20-29(25,26)14-8-6-13(7-9-14)21-17(23)10-11-18-22-15-4-2-3-5-16(15)28-18/h2-9,20H,10-12H2,1H3,(H,21,23). The molecule has 29 heavy (non-hydrogen) atoms. The number of oxazole rings is 1. The van der Waals surface area contributed by atoms with E-state index in [1.807, 2.05) is 24.3 Å². The molecule has 0 atom stereocenters. The monoisotopic (exact) mass is 417 g/mol. The molecule has 0 aliphatic carbocycles. The fourth-order valence-electron chi connectivity index (χ4n) is 2.50. The number of carbonyl (C=O) groups is 2. The fourth-order valence-corrected chi connectivity index (χ4v) is 3.47. The molecule has 1 heterocycles. The summed E-state index contributed by atoms with van der Waals surface area (Å²) in [6.45, 7) is -0.465. The summed E-state index contributed by atoms with van der Waals surface area (Å²) in [5.41, 5.74) is 1.85. The van der Waals surface area contributed by atoms with Crippen LogP contribution in [-0.4, -0.2) is 38.9 Å². The number of amides is 1. The van der Waals surface area contributed by atoms with Crippen LogP contribution < -0.4 is 10.0 Å². The summed E-state index contributed by atoms with van der Waals surface area (Å²) in [5, 5.41) is 2.69. The molecule has 2 N–H and O–H groups in total. The topological polar surface area (TPSA) is 128 Å². The Morgan fingerprint density at radius 3 is 2.52 bits per heavy atom. The van der Waals surface area contributed by atoms with Crippen molar-refractivity contribution in [3.8, 4) is 0 Å². The van der Waals surface area contributed by atoms with Gasteiger partial charge in [-0.3, -0.25) is 9.59 Å². The van der Waals surface area contributed by atoms with E-state index in [4.69, 9.17) is 4.42 Å². The lowest BCUT2D eigenvalue weighted by Crippen LogP contribution is -2.30. The molecule has 0 spiro atoms. The zero-order valence-electron chi connectivity index (χ0n) is 15.5. The van der Waals surface area contributed by atoms with Crippen LogP contribution >= 0.6 is 0 Å². The van der Waals surface area contributed by atoms with Crippen LogP contribution in [0.4, 0.5) is 5.69 Å². The number of esters is 1. The van der Waals surface area contributed by atoms with Gasteiger partial charge in [0.2, 0.25) is 15.9 Å². The number of nitrogens with zero attached hydrogens (tertiary/aromatic N) is 1. The highest BCUT2D eigenvalue weighted by atomic mass is 32.2. The zero-order valence-corrected chi connectivity index (χ0v) is 16.4. The van der Waals surface area contributed by atoms with Crippen molar-refractivity contribution in [2.75, 3.05) is 19.0 Å². The molecule has 0 aliphatic heterocycles. The Morgan fingerprint density at radius 2 is 1.83 bits per heavy atom. The molecule has 0 saturated carbocycles. The van der Waals surface area contributed by atoms with Gasteiger partial charge in [0.05, 0.1) is 12.0 Å². The minimum atomic E-state index is -3.85. The van der Waals surface area contributed by atoms with Crippen molar-refractivity contribution in [1.29, 1.82) is 0 Å². The van der Waals surface area contributed by atoms with Crippen molar-refractivity contribution >= 4 is 38.7 Å². The normalized spacial score (nSPS) is 11.3. The number of hydrogen-bond acceptors (Lipinski definition) is 7. The number of sulfonamides is 1. The minimum Gasteiger partial charge on any atom is -0.468 e. The highest BCUT2D eigenvalue weighted by Crippen LogP contribution is 2.17. The number of rotatable bonds is 8. The molecule has 0 aliphatic rings. The van der Waals surface area contributed by atoms with E-state index < -0.39 is 22.5 Å². The molecule has 0 unspecified atom stereocenters. The van der Waals surface area contributed by atoms with E-state index in [0.29, 0.717) is 23.6 Å². The minimum absolute atomic E-state index is 0.0362. The number of fused-ring (bicyclic) bond motifs is 1. The molecule has 2 aromatic carbocycles. The van der Waals surface area contributed by atoms with Crippen LogP contribution in [0.25, 0.3) is 11.1 Å². The van der Waals surface area contributed by atoms with Crippen molar-refractivity contribution in [3.05, 3.63) is 54.4 Å². The predicted octanol–water partition coefficient (Wildman–Crippen LogP) is 1.85. The van der Waals surface area contributed by atoms with Gasteiger partial charge in [-0.25, -0.2) is 13.4 Å². The first-order valence-corrected chi connectivity index (χ1v) is 10.2. The van der Waals surface area contributed by atoms with Crippen molar-refractivity contribution in [2.45, 2.75) is 17.7 Å². The second-order valence-electron chi connectivity index (χ2n) is 6.05. The molecule has 0 bridgehead atoms. The summed E-state index contributed by atoms with van der Waals surface area (Å²) >= 11 is 0. The Bertz CT molecular complexity index is 1090. The van der Waals surface area contributed by atoms with Crippen LogP contribution in [0.3, 0.4) is 0 Å². The van der Waals surface area contributed by atoms with Crippen LogP contribution in [0.5, 0.6) is 0 Å². The summed E-state index contributed by atoms with van der Waals surface area (Å²) in [5.74, 6) is -0.484. The highest BCUT2D eigenvalue weighted by molar-refractivity contribution is 7.89. The molecule has 1 aromatic heterocycles. The lowest BCUT2D eigenvalue weighted by Gasteiger charge is -2.08. The number of ether oxygens (including phenoxy) is 1. The Balaban J connectivity index is 1.54. The molecule has 0 saturated heterocycles. The van der Waals surface area contributed by atoms with E-state index >= 15 is 0 Å². The lowest BCUT2D eigenvalue weighted by molar-refractivity contribution is -0.139. The van der Waals surface area contributed by atoms with Gasteiger partial charge in [0.25, 0.3) is 0 Å². The maximum atomic E-state index is 12.1. The van der Waals surface area contributed by atoms with Gasteiger partial charge in [0.15, 0.2) is 11.5 Å². The maximum Gasteiger partial charge on any atom is 0.320 e. The van der Waals surface area contributed by atoms with Gasteiger partial charge in [-0.05, 0) is 36.4 Å². The Kier molecular flexibility index (Phi) is 6.25. The fraction of sp³-hybridized carbons (Fsp3) is 0.211. The number of methoxy groups -OCH3 is 1. The van der Waals surface area contributed by atoms with Gasteiger partial charge in [-0.1, -0.05) is 12.1 Å². The number of carbonyl (C=O) groups excluding carboxylic acids is 2. The molecule has 152 valence electrons. The summed E-state index contributed by atoms with van der Waals surface area (Å²) in [4.78, 5) is 27.5. The van der Waals surface area contributed by atoms with Gasteiger partial charge >= 0.3 is 5.97 Å². The van der Waals surface area contributed by atoms with Crippen molar-refractivity contribution in [2.24, 2.45) is 0 Å². The summed E-state index contributed by atoms with van der Waals surface area (Å²) in [7, 11) is -2.69. The Hall–Kier alpha value is -3.24. The van der Waals surface area contributed by atoms with Crippen LogP contribution in [0.2, 0.25) is 0 Å². The van der Waals surface area contributed by atoms with E-state index in [0.717, 1.165) is 5.52 Å². The van der Waals surface area contributed by atoms with Gasteiger partial charge in [-0.2, -0.15) is 4.72 Å². The van der Waals surface area contributed by atoms with Crippen LogP contribution in [-0.2, 0) is 30.8 Å². The summed E-state index contributed by atoms with van der Waals surface area (Å²) in [6.07, 6.45) is 0.498. The third-order valence-electron chi connectivity index (χ3n) is 3.99. The molecule has 1 amide bonds. The van der Waals surface area contributed by atoms with E-state index in [1.54, 1.807) is 0 Å². The number of nitrogens with one attached hydrogen (secondary N) is 2. The number of hydrogen-bond donors (Lipinski definition) is 2. The van der Waals surface area contributed by atoms with E-state index in [9.17, 15) is 18.0 Å². The van der Waals surface area contributed by atoms with E-state index in [-0.39, 0.29) is 17.2 Å². The molecule has 10 heteroatoms. The molecular formula is C19H19N3O6S. The first kappa shape index (κ1) is 20.5. The third-order valence-corrected chi connectivity index (χ3v) is 5.40. The zero-order chi connectivity index (χ0) is 20.9. The average molecular weight is 417 g/mol. The van der Waals surface area contributed by atoms with Gasteiger partial charge in [0, 0.05) is 18.5 Å². The van der Waals surface area contributed by atoms with Crippen molar-refractivity contribution in [3.63, 3.8) is 0 Å². The second-order valence-corrected chi connectivity index (χ2v) is 7.82. The van der Waals surface area contributed by atoms with Crippen LogP contribution in [0.15, 0.2) is 57.8 Å². The van der Waals surface area contributed by atoms with Crippen molar-refractivity contribution in [1.82, 2.24) is 9.71 Å². The molecule has 3 aromatic rings. The first-order valence-electron chi connectivity index (χ1n) is 8.68. The van der Waals surface area contributed by atoms with Crippen LogP contribution in [0, 0.1) is 0 Å². The molecular weight excluding hydrogens is 398 g/mol. The SMILES string of the molecule is COC(=O)CNS(=O)(=O)c1ccc(NC(=O)CCc2nc3ccccc3o2)cc1. The van der Waals surface area contributed by atoms with Crippen LogP contribution in [0.1, 0.15) is 12.3 Å². The maximum absolute atomic E-state index is 12.1. The molecule has 9 nitrogen and oxygen atoms in total. The number of aromatic nitrogens is 1. The summed E-state index contributed by atoms with van der Waals surface area (Å²) < 4.78 is 36.3. The van der Waals surface area contributed by atoms with Gasteiger partial charge in [-0.15, -0.1) is 0 Å². The third kappa shape index (κ3) is 5.39.